The van der Waals surface area contributed by atoms with E-state index in [-0.39, 0.29) is 0 Å². The molecule has 1 aliphatic rings. The lowest BCUT2D eigenvalue weighted by Crippen LogP contribution is -2.23. The molecule has 1 fully saturated rings. The monoisotopic (exact) mass is 267 g/mol. The molecule has 2 heteroatoms. The molecule has 20 heavy (non-hydrogen) atoms. The van der Waals surface area contributed by atoms with Crippen LogP contribution in [0.2, 0.25) is 0 Å². The van der Waals surface area contributed by atoms with Crippen molar-refractivity contribution in [2.75, 3.05) is 7.05 Å². The molecule has 3 rings (SSSR count). The van der Waals surface area contributed by atoms with Gasteiger partial charge in [0.05, 0.1) is 0 Å². The zero-order valence-electron chi connectivity index (χ0n) is 11.9. The van der Waals surface area contributed by atoms with Crippen molar-refractivity contribution < 1.29 is 4.74 Å². The summed E-state index contributed by atoms with van der Waals surface area (Å²) in [6.45, 7) is 0. The number of rotatable bonds is 4. The van der Waals surface area contributed by atoms with E-state index < -0.39 is 0 Å². The van der Waals surface area contributed by atoms with Gasteiger partial charge >= 0.3 is 0 Å². The van der Waals surface area contributed by atoms with Crippen LogP contribution in [0.15, 0.2) is 54.6 Å². The molecule has 1 saturated carbocycles. The van der Waals surface area contributed by atoms with E-state index in [4.69, 9.17) is 4.74 Å². The first-order valence-electron chi connectivity index (χ1n) is 7.35. The number of benzene rings is 2. The van der Waals surface area contributed by atoms with Crippen molar-refractivity contribution in [1.82, 2.24) is 5.32 Å². The molecule has 2 aromatic rings. The summed E-state index contributed by atoms with van der Waals surface area (Å²) in [6.07, 6.45) is 3.76. The second kappa shape index (κ2) is 6.10. The summed E-state index contributed by atoms with van der Waals surface area (Å²) in [7, 11) is 2.03. The van der Waals surface area contributed by atoms with Gasteiger partial charge in [-0.2, -0.15) is 0 Å². The van der Waals surface area contributed by atoms with Crippen LogP contribution in [0.3, 0.4) is 0 Å². The highest BCUT2D eigenvalue weighted by atomic mass is 16.5. The molecular formula is C18H21NO. The van der Waals surface area contributed by atoms with E-state index in [0.717, 1.165) is 18.6 Å². The highest BCUT2D eigenvalue weighted by Gasteiger charge is 2.25. The van der Waals surface area contributed by atoms with E-state index in [9.17, 15) is 0 Å². The summed E-state index contributed by atoms with van der Waals surface area (Å²) in [5.41, 5.74) is 2.40. The minimum Gasteiger partial charge on any atom is -0.490 e. The topological polar surface area (TPSA) is 21.3 Å². The minimum absolute atomic E-state index is 0.331. The van der Waals surface area contributed by atoms with Crippen LogP contribution in [0.5, 0.6) is 5.75 Å². The van der Waals surface area contributed by atoms with Gasteiger partial charge in [-0.3, -0.25) is 0 Å². The molecule has 0 aliphatic heterocycles. The quantitative estimate of drug-likeness (QED) is 0.908. The van der Waals surface area contributed by atoms with E-state index in [2.05, 4.69) is 47.8 Å². The predicted molar refractivity (Wildman–Crippen MR) is 83.0 cm³/mol. The fourth-order valence-corrected chi connectivity index (χ4v) is 2.91. The Bertz CT molecular complexity index is 552. The molecule has 104 valence electrons. The summed E-state index contributed by atoms with van der Waals surface area (Å²) >= 11 is 0. The third kappa shape index (κ3) is 2.86. The van der Waals surface area contributed by atoms with Crippen LogP contribution >= 0.6 is 0 Å². The van der Waals surface area contributed by atoms with Gasteiger partial charge in [0.1, 0.15) is 11.9 Å². The maximum atomic E-state index is 6.25. The van der Waals surface area contributed by atoms with Crippen LogP contribution in [0.1, 0.15) is 19.3 Å². The van der Waals surface area contributed by atoms with Gasteiger partial charge in [0.25, 0.3) is 0 Å². The third-order valence-corrected chi connectivity index (χ3v) is 4.06. The maximum absolute atomic E-state index is 6.25. The van der Waals surface area contributed by atoms with E-state index in [0.29, 0.717) is 12.1 Å². The second-order valence-corrected chi connectivity index (χ2v) is 5.40. The smallest absolute Gasteiger partial charge is 0.127 e. The molecule has 0 amide bonds. The first kappa shape index (κ1) is 13.2. The van der Waals surface area contributed by atoms with Gasteiger partial charge in [-0.05, 0) is 37.9 Å². The maximum Gasteiger partial charge on any atom is 0.127 e. The van der Waals surface area contributed by atoms with Gasteiger partial charge in [-0.15, -0.1) is 0 Å². The fourth-order valence-electron chi connectivity index (χ4n) is 2.91. The van der Waals surface area contributed by atoms with E-state index in [1.807, 2.05) is 19.2 Å². The van der Waals surface area contributed by atoms with E-state index in [1.54, 1.807) is 0 Å². The molecule has 0 aromatic heterocycles. The molecule has 2 aromatic carbocycles. The van der Waals surface area contributed by atoms with Gasteiger partial charge in [-0.1, -0.05) is 48.5 Å². The number of hydrogen-bond acceptors (Lipinski definition) is 2. The van der Waals surface area contributed by atoms with Gasteiger partial charge in [0.15, 0.2) is 0 Å². The lowest BCUT2D eigenvalue weighted by Gasteiger charge is -2.17. The highest BCUT2D eigenvalue weighted by molar-refractivity contribution is 5.70. The summed E-state index contributed by atoms with van der Waals surface area (Å²) in [4.78, 5) is 0. The zero-order chi connectivity index (χ0) is 13.8. The average molecular weight is 267 g/mol. The van der Waals surface area contributed by atoms with Gasteiger partial charge in [0, 0.05) is 11.6 Å². The van der Waals surface area contributed by atoms with Crippen LogP contribution in [0.4, 0.5) is 0 Å². The molecule has 1 N–H and O–H groups in total. The van der Waals surface area contributed by atoms with Crippen molar-refractivity contribution >= 4 is 0 Å². The number of hydrogen-bond donors (Lipinski definition) is 1. The van der Waals surface area contributed by atoms with Crippen LogP contribution < -0.4 is 10.1 Å². The molecule has 2 unspecified atom stereocenters. The Kier molecular flexibility index (Phi) is 4.03. The molecule has 2 nitrogen and oxygen atoms in total. The third-order valence-electron chi connectivity index (χ3n) is 4.06. The Hall–Kier alpha value is -1.80. The first-order valence-corrected chi connectivity index (χ1v) is 7.35. The van der Waals surface area contributed by atoms with Crippen molar-refractivity contribution in [3.8, 4) is 16.9 Å². The van der Waals surface area contributed by atoms with Crippen LogP contribution in [-0.2, 0) is 0 Å². The largest absolute Gasteiger partial charge is 0.490 e. The summed E-state index contributed by atoms with van der Waals surface area (Å²) in [5, 5.41) is 3.35. The summed E-state index contributed by atoms with van der Waals surface area (Å²) < 4.78 is 6.25. The number of ether oxygens (including phenoxy) is 1. The Balaban J connectivity index is 1.80. The van der Waals surface area contributed by atoms with E-state index in [1.165, 1.54) is 17.5 Å². The molecule has 0 bridgehead atoms. The number of para-hydroxylation sites is 1. The van der Waals surface area contributed by atoms with Crippen LogP contribution in [0, 0.1) is 0 Å². The normalized spacial score (nSPS) is 21.9. The molecule has 0 saturated heterocycles. The molecule has 2 atom stereocenters. The van der Waals surface area contributed by atoms with Crippen molar-refractivity contribution in [2.24, 2.45) is 0 Å². The van der Waals surface area contributed by atoms with Crippen LogP contribution in [-0.4, -0.2) is 19.2 Å². The first-order chi connectivity index (χ1) is 9.86. The van der Waals surface area contributed by atoms with Gasteiger partial charge in [0.2, 0.25) is 0 Å². The zero-order valence-corrected chi connectivity index (χ0v) is 11.9. The predicted octanol–water partition coefficient (Wildman–Crippen LogP) is 3.87. The molecule has 0 radical (unpaired) electrons. The average Bonchev–Trinajstić information content (AvgIpc) is 2.96. The summed E-state index contributed by atoms with van der Waals surface area (Å²) in [6, 6.07) is 19.4. The lowest BCUT2D eigenvalue weighted by atomic mass is 10.0. The molecule has 1 aliphatic carbocycles. The molecule has 0 spiro atoms. The van der Waals surface area contributed by atoms with Crippen LogP contribution in [0.25, 0.3) is 11.1 Å². The van der Waals surface area contributed by atoms with Crippen molar-refractivity contribution in [3.05, 3.63) is 54.6 Å². The second-order valence-electron chi connectivity index (χ2n) is 5.40. The van der Waals surface area contributed by atoms with Crippen molar-refractivity contribution in [3.63, 3.8) is 0 Å². The van der Waals surface area contributed by atoms with Gasteiger partial charge < -0.3 is 10.1 Å². The Morgan fingerprint density at radius 3 is 2.45 bits per heavy atom. The fraction of sp³-hybridized carbons (Fsp3) is 0.333. The Labute approximate surface area is 120 Å². The highest BCUT2D eigenvalue weighted by Crippen LogP contribution is 2.32. The van der Waals surface area contributed by atoms with Crippen molar-refractivity contribution in [1.29, 1.82) is 0 Å². The van der Waals surface area contributed by atoms with Gasteiger partial charge in [-0.25, -0.2) is 0 Å². The number of nitrogens with one attached hydrogen (secondary N) is 1. The standard InChI is InChI=1S/C18H21NO/c1-19-15-11-12-16(13-15)20-18-10-6-5-9-17(18)14-7-3-2-4-8-14/h2-10,15-16,19H,11-13H2,1H3. The SMILES string of the molecule is CNC1CCC(Oc2ccccc2-c2ccccc2)C1. The van der Waals surface area contributed by atoms with Crippen molar-refractivity contribution in [2.45, 2.75) is 31.4 Å². The summed E-state index contributed by atoms with van der Waals surface area (Å²) in [5.74, 6) is 1.00. The Morgan fingerprint density at radius 2 is 1.70 bits per heavy atom. The molecular weight excluding hydrogens is 246 g/mol. The lowest BCUT2D eigenvalue weighted by molar-refractivity contribution is 0.207. The Morgan fingerprint density at radius 1 is 0.950 bits per heavy atom. The molecule has 0 heterocycles. The van der Waals surface area contributed by atoms with E-state index >= 15 is 0 Å². The minimum atomic E-state index is 0.331.